The van der Waals surface area contributed by atoms with Crippen molar-refractivity contribution in [3.63, 3.8) is 0 Å². The fraction of sp³-hybridized carbons (Fsp3) is 0.263. The Labute approximate surface area is 150 Å². The Hall–Kier alpha value is -3.24. The minimum atomic E-state index is -0.788. The first-order valence-corrected chi connectivity index (χ1v) is 8.38. The zero-order valence-electron chi connectivity index (χ0n) is 14.2. The van der Waals surface area contributed by atoms with E-state index >= 15 is 0 Å². The average molecular weight is 346 g/mol. The molecule has 0 amide bonds. The quantitative estimate of drug-likeness (QED) is 0.620. The number of pyridine rings is 3. The van der Waals surface area contributed by atoms with Gasteiger partial charge in [0.15, 0.2) is 0 Å². The predicted molar refractivity (Wildman–Crippen MR) is 98.8 cm³/mol. The van der Waals surface area contributed by atoms with Crippen molar-refractivity contribution < 1.29 is 5.11 Å². The number of hydrogen-bond acceptors (Lipinski definition) is 7. The highest BCUT2D eigenvalue weighted by atomic mass is 16.3. The van der Waals surface area contributed by atoms with Gasteiger partial charge in [0, 0.05) is 35.5 Å². The second kappa shape index (κ2) is 6.24. The molecule has 1 aliphatic carbocycles. The first kappa shape index (κ1) is 16.2. The van der Waals surface area contributed by atoms with Gasteiger partial charge in [-0.05, 0) is 42.5 Å². The Morgan fingerprint density at radius 1 is 1.38 bits per heavy atom. The molecule has 3 atom stereocenters. The molecular weight excluding hydrogens is 328 g/mol. The molecule has 0 spiro atoms. The third-order valence-corrected chi connectivity index (χ3v) is 4.77. The highest BCUT2D eigenvalue weighted by molar-refractivity contribution is 5.94. The molecule has 0 radical (unpaired) electrons. The summed E-state index contributed by atoms with van der Waals surface area (Å²) in [5, 5.41) is 23.7. The van der Waals surface area contributed by atoms with E-state index in [4.69, 9.17) is 11.0 Å². The van der Waals surface area contributed by atoms with Gasteiger partial charge in [0.2, 0.25) is 0 Å². The Morgan fingerprint density at radius 2 is 2.23 bits per heavy atom. The van der Waals surface area contributed by atoms with E-state index in [-0.39, 0.29) is 11.8 Å². The number of aliphatic hydroxyl groups is 1. The SMILES string of the molecule is Cc1ccncc1-c1cc2cc(N[C@H](O)C3C[C@H]3C#N)ncc2c(N)n1. The summed E-state index contributed by atoms with van der Waals surface area (Å²) in [5.41, 5.74) is 8.83. The van der Waals surface area contributed by atoms with Crippen molar-refractivity contribution in [2.45, 2.75) is 19.6 Å². The van der Waals surface area contributed by atoms with E-state index in [9.17, 15) is 5.11 Å². The number of nitrogen functional groups attached to an aromatic ring is 1. The van der Waals surface area contributed by atoms with Crippen molar-refractivity contribution in [1.29, 1.82) is 5.26 Å². The molecule has 0 aromatic carbocycles. The van der Waals surface area contributed by atoms with Crippen molar-refractivity contribution in [1.82, 2.24) is 15.0 Å². The smallest absolute Gasteiger partial charge is 0.133 e. The van der Waals surface area contributed by atoms with E-state index in [1.54, 1.807) is 18.6 Å². The van der Waals surface area contributed by atoms with Crippen LogP contribution in [0.5, 0.6) is 0 Å². The van der Waals surface area contributed by atoms with E-state index in [1.165, 1.54) is 0 Å². The molecule has 0 bridgehead atoms. The van der Waals surface area contributed by atoms with Gasteiger partial charge in [-0.25, -0.2) is 9.97 Å². The first-order chi connectivity index (χ1) is 12.6. The minimum absolute atomic E-state index is 0.0476. The van der Waals surface area contributed by atoms with Crippen LogP contribution < -0.4 is 11.1 Å². The molecule has 1 fully saturated rings. The summed E-state index contributed by atoms with van der Waals surface area (Å²) >= 11 is 0. The molecule has 0 saturated heterocycles. The van der Waals surface area contributed by atoms with E-state index < -0.39 is 6.23 Å². The van der Waals surface area contributed by atoms with Crippen LogP contribution in [0.4, 0.5) is 11.6 Å². The van der Waals surface area contributed by atoms with Crippen LogP contribution in [0.25, 0.3) is 22.0 Å². The number of nitriles is 1. The average Bonchev–Trinajstić information content (AvgIpc) is 3.42. The molecule has 7 heteroatoms. The van der Waals surface area contributed by atoms with E-state index in [0.29, 0.717) is 18.1 Å². The third kappa shape index (κ3) is 2.91. The number of nitrogens with one attached hydrogen (secondary N) is 1. The normalized spacial score (nSPS) is 19.7. The molecule has 3 aromatic heterocycles. The Balaban J connectivity index is 1.69. The number of aryl methyl sites for hydroxylation is 1. The molecule has 1 aliphatic rings. The summed E-state index contributed by atoms with van der Waals surface area (Å²) in [7, 11) is 0. The fourth-order valence-corrected chi connectivity index (χ4v) is 3.09. The predicted octanol–water partition coefficient (Wildman–Crippen LogP) is 2.47. The monoisotopic (exact) mass is 346 g/mol. The van der Waals surface area contributed by atoms with Gasteiger partial charge in [-0.2, -0.15) is 5.26 Å². The number of aromatic nitrogens is 3. The number of nitrogens with zero attached hydrogens (tertiary/aromatic N) is 4. The molecule has 3 aromatic rings. The maximum Gasteiger partial charge on any atom is 0.133 e. The molecule has 1 saturated carbocycles. The summed E-state index contributed by atoms with van der Waals surface area (Å²) in [4.78, 5) is 12.9. The van der Waals surface area contributed by atoms with Crippen LogP contribution >= 0.6 is 0 Å². The Kier molecular flexibility index (Phi) is 3.90. The lowest BCUT2D eigenvalue weighted by molar-refractivity contribution is 0.176. The molecule has 4 rings (SSSR count). The molecule has 0 aliphatic heterocycles. The number of hydrogen-bond donors (Lipinski definition) is 3. The molecule has 3 heterocycles. The maximum atomic E-state index is 10.2. The molecular formula is C19H18N6O. The van der Waals surface area contributed by atoms with Gasteiger partial charge in [0.05, 0.1) is 17.7 Å². The van der Waals surface area contributed by atoms with Crippen molar-refractivity contribution in [2.24, 2.45) is 11.8 Å². The van der Waals surface area contributed by atoms with Crippen LogP contribution in [0.15, 0.2) is 36.8 Å². The van der Waals surface area contributed by atoms with Gasteiger partial charge in [-0.1, -0.05) is 0 Å². The van der Waals surface area contributed by atoms with Gasteiger partial charge >= 0.3 is 0 Å². The maximum absolute atomic E-state index is 10.2. The second-order valence-electron chi connectivity index (χ2n) is 6.60. The third-order valence-electron chi connectivity index (χ3n) is 4.77. The van der Waals surface area contributed by atoms with Crippen LogP contribution in [0.2, 0.25) is 0 Å². The van der Waals surface area contributed by atoms with E-state index in [1.807, 2.05) is 25.1 Å². The summed E-state index contributed by atoms with van der Waals surface area (Å²) in [5.74, 6) is 0.798. The fourth-order valence-electron chi connectivity index (χ4n) is 3.09. The summed E-state index contributed by atoms with van der Waals surface area (Å²) < 4.78 is 0. The lowest BCUT2D eigenvalue weighted by atomic mass is 10.1. The number of aliphatic hydroxyl groups excluding tert-OH is 1. The zero-order chi connectivity index (χ0) is 18.3. The van der Waals surface area contributed by atoms with Crippen LogP contribution in [-0.2, 0) is 0 Å². The molecule has 7 nitrogen and oxygen atoms in total. The zero-order valence-corrected chi connectivity index (χ0v) is 14.2. The highest BCUT2D eigenvalue weighted by Crippen LogP contribution is 2.40. The number of nitrogens with two attached hydrogens (primary N) is 1. The van der Waals surface area contributed by atoms with E-state index in [0.717, 1.165) is 27.6 Å². The molecule has 26 heavy (non-hydrogen) atoms. The highest BCUT2D eigenvalue weighted by Gasteiger charge is 2.43. The lowest BCUT2D eigenvalue weighted by Gasteiger charge is -2.14. The molecule has 1 unspecified atom stereocenters. The van der Waals surface area contributed by atoms with Gasteiger partial charge in [-0.15, -0.1) is 0 Å². The largest absolute Gasteiger partial charge is 0.383 e. The van der Waals surface area contributed by atoms with Gasteiger partial charge in [0.1, 0.15) is 17.9 Å². The number of rotatable bonds is 4. The van der Waals surface area contributed by atoms with Crippen molar-refractivity contribution >= 4 is 22.4 Å². The van der Waals surface area contributed by atoms with E-state index in [2.05, 4.69) is 26.3 Å². The lowest BCUT2D eigenvalue weighted by Crippen LogP contribution is -2.22. The van der Waals surface area contributed by atoms with Crippen molar-refractivity contribution in [2.75, 3.05) is 11.1 Å². The Morgan fingerprint density at radius 3 is 2.96 bits per heavy atom. The van der Waals surface area contributed by atoms with Crippen molar-refractivity contribution in [3.8, 4) is 17.3 Å². The van der Waals surface area contributed by atoms with Crippen LogP contribution in [0.1, 0.15) is 12.0 Å². The van der Waals surface area contributed by atoms with Crippen LogP contribution in [-0.4, -0.2) is 26.3 Å². The molecule has 4 N–H and O–H groups in total. The van der Waals surface area contributed by atoms with Crippen molar-refractivity contribution in [3.05, 3.63) is 42.4 Å². The standard InChI is InChI=1S/C19H18N6O/c1-10-2-3-22-8-14(10)16-5-11-6-17(23-9-15(11)18(21)24-16)25-19(26)13-4-12(13)7-20/h2-3,5-6,8-9,12-13,19,26H,4H2,1H3,(H2,21,24)(H,23,25)/t12-,13?,19+/m0/s1. The minimum Gasteiger partial charge on any atom is -0.383 e. The number of fused-ring (bicyclic) bond motifs is 1. The topological polar surface area (TPSA) is 121 Å². The second-order valence-corrected chi connectivity index (χ2v) is 6.60. The Bertz CT molecular complexity index is 1030. The van der Waals surface area contributed by atoms with Gasteiger partial charge < -0.3 is 16.2 Å². The summed E-state index contributed by atoms with van der Waals surface area (Å²) in [6.07, 6.45) is 5.06. The first-order valence-electron chi connectivity index (χ1n) is 8.38. The number of anilines is 2. The van der Waals surface area contributed by atoms with Crippen LogP contribution in [0, 0.1) is 30.1 Å². The summed E-state index contributed by atoms with van der Waals surface area (Å²) in [6.45, 7) is 2.00. The molecule has 130 valence electrons. The van der Waals surface area contributed by atoms with Gasteiger partial charge in [-0.3, -0.25) is 4.98 Å². The van der Waals surface area contributed by atoms with Gasteiger partial charge in [0.25, 0.3) is 0 Å². The summed E-state index contributed by atoms with van der Waals surface area (Å²) in [6, 6.07) is 7.86. The van der Waals surface area contributed by atoms with Crippen LogP contribution in [0.3, 0.4) is 0 Å².